The Morgan fingerprint density at radius 1 is 1.32 bits per heavy atom. The number of H-pyrrole nitrogens is 1. The van der Waals surface area contributed by atoms with Gasteiger partial charge in [0.05, 0.1) is 0 Å². The number of carbonyl (C=O) groups excluding carboxylic acids is 1. The van der Waals surface area contributed by atoms with Crippen molar-refractivity contribution in [3.05, 3.63) is 33.7 Å². The predicted octanol–water partition coefficient (Wildman–Crippen LogP) is 1.60. The third-order valence-electron chi connectivity index (χ3n) is 3.91. The minimum Gasteiger partial charge on any atom is -0.380 e. The summed E-state index contributed by atoms with van der Waals surface area (Å²) in [7, 11) is 0. The summed E-state index contributed by atoms with van der Waals surface area (Å²) in [5, 5.41) is 9.72. The van der Waals surface area contributed by atoms with Crippen LogP contribution in [0.2, 0.25) is 0 Å². The lowest BCUT2D eigenvalue weighted by atomic mass is 9.94. The van der Waals surface area contributed by atoms with Gasteiger partial charge in [0, 0.05) is 25.2 Å². The summed E-state index contributed by atoms with van der Waals surface area (Å²) in [5.41, 5.74) is -2.87. The fraction of sp³-hybridized carbons (Fsp3) is 0.571. The van der Waals surface area contributed by atoms with Crippen molar-refractivity contribution in [2.75, 3.05) is 13.1 Å². The number of likely N-dealkylation sites (tertiary alicyclic amines) is 1. The number of alkyl halides is 3. The van der Waals surface area contributed by atoms with E-state index in [0.29, 0.717) is 5.69 Å². The molecule has 1 amide bonds. The van der Waals surface area contributed by atoms with E-state index in [0.717, 1.165) is 0 Å². The number of aromatic amines is 1. The number of hydrogen-bond acceptors (Lipinski definition) is 3. The Labute approximate surface area is 124 Å². The van der Waals surface area contributed by atoms with E-state index in [2.05, 4.69) is 4.98 Å². The zero-order valence-electron chi connectivity index (χ0n) is 12.0. The average molecular weight is 318 g/mol. The van der Waals surface area contributed by atoms with Gasteiger partial charge < -0.3 is 15.0 Å². The zero-order chi connectivity index (χ0) is 16.5. The van der Waals surface area contributed by atoms with Gasteiger partial charge in [-0.2, -0.15) is 13.2 Å². The van der Waals surface area contributed by atoms with Crippen LogP contribution in [0.4, 0.5) is 13.2 Å². The van der Waals surface area contributed by atoms with Crippen molar-refractivity contribution in [2.45, 2.75) is 38.0 Å². The number of carbonyl (C=O) groups is 1. The molecule has 0 spiro atoms. The van der Waals surface area contributed by atoms with E-state index in [9.17, 15) is 27.9 Å². The molecule has 8 heteroatoms. The Kier molecular flexibility index (Phi) is 4.32. The van der Waals surface area contributed by atoms with Crippen LogP contribution in [-0.4, -0.2) is 45.8 Å². The van der Waals surface area contributed by atoms with Crippen LogP contribution in [-0.2, 0) is 0 Å². The smallest absolute Gasteiger partial charge is 0.380 e. The number of aromatic nitrogens is 1. The van der Waals surface area contributed by atoms with Crippen molar-refractivity contribution in [1.29, 1.82) is 0 Å². The quantitative estimate of drug-likeness (QED) is 0.826. The Bertz CT molecular complexity index is 626. The van der Waals surface area contributed by atoms with Crippen LogP contribution in [0, 0.1) is 6.92 Å². The van der Waals surface area contributed by atoms with Crippen LogP contribution in [0.25, 0.3) is 0 Å². The standard InChI is InChI=1S/C14H17F3N2O3/c1-9-3-4-10(11(20)18-9)12(21)19-7-2-5-13(22,6-8-19)14(15,16)17/h3-4,22H,2,5-8H2,1H3,(H,18,20). The first-order chi connectivity index (χ1) is 10.1. The van der Waals surface area contributed by atoms with E-state index in [1.54, 1.807) is 13.0 Å². The van der Waals surface area contributed by atoms with Crippen LogP contribution < -0.4 is 5.56 Å². The number of rotatable bonds is 1. The number of aliphatic hydroxyl groups is 1. The van der Waals surface area contributed by atoms with Gasteiger partial charge in [0.25, 0.3) is 11.5 Å². The van der Waals surface area contributed by atoms with Gasteiger partial charge in [-0.15, -0.1) is 0 Å². The van der Waals surface area contributed by atoms with Gasteiger partial charge in [0.1, 0.15) is 5.56 Å². The molecule has 0 saturated carbocycles. The molecule has 0 bridgehead atoms. The molecule has 1 aromatic rings. The number of nitrogens with one attached hydrogen (secondary N) is 1. The van der Waals surface area contributed by atoms with Crippen LogP contribution in [0.15, 0.2) is 16.9 Å². The van der Waals surface area contributed by atoms with Gasteiger partial charge in [-0.25, -0.2) is 0 Å². The van der Waals surface area contributed by atoms with Crippen molar-refractivity contribution < 1.29 is 23.1 Å². The highest BCUT2D eigenvalue weighted by Gasteiger charge is 2.53. The van der Waals surface area contributed by atoms with Crippen LogP contribution in [0.1, 0.15) is 35.3 Å². The number of hydrogen-bond donors (Lipinski definition) is 2. The van der Waals surface area contributed by atoms with Gasteiger partial charge in [0.2, 0.25) is 0 Å². The average Bonchev–Trinajstić information content (AvgIpc) is 2.60. The normalized spacial score (nSPS) is 23.2. The molecule has 1 aliphatic rings. The highest BCUT2D eigenvalue weighted by molar-refractivity contribution is 5.93. The molecule has 0 aromatic carbocycles. The number of aryl methyl sites for hydroxylation is 1. The Hall–Kier alpha value is -1.83. The third-order valence-corrected chi connectivity index (χ3v) is 3.91. The van der Waals surface area contributed by atoms with E-state index < -0.39 is 36.1 Å². The first-order valence-corrected chi connectivity index (χ1v) is 6.92. The lowest BCUT2D eigenvalue weighted by Crippen LogP contribution is -2.46. The number of amides is 1. The van der Waals surface area contributed by atoms with E-state index in [4.69, 9.17) is 0 Å². The van der Waals surface area contributed by atoms with Gasteiger partial charge in [-0.3, -0.25) is 9.59 Å². The van der Waals surface area contributed by atoms with Gasteiger partial charge in [0.15, 0.2) is 5.60 Å². The largest absolute Gasteiger partial charge is 0.417 e. The van der Waals surface area contributed by atoms with Gasteiger partial charge >= 0.3 is 6.18 Å². The Balaban J connectivity index is 2.17. The first kappa shape index (κ1) is 16.5. The third kappa shape index (κ3) is 3.16. The summed E-state index contributed by atoms with van der Waals surface area (Å²) in [6, 6.07) is 2.91. The fourth-order valence-corrected chi connectivity index (χ4v) is 2.52. The summed E-state index contributed by atoms with van der Waals surface area (Å²) < 4.78 is 38.6. The molecule has 1 aromatic heterocycles. The molecular formula is C14H17F3N2O3. The lowest BCUT2D eigenvalue weighted by Gasteiger charge is -2.29. The van der Waals surface area contributed by atoms with Gasteiger partial charge in [-0.05, 0) is 31.9 Å². The number of pyridine rings is 1. The van der Waals surface area contributed by atoms with Crippen molar-refractivity contribution >= 4 is 5.91 Å². The molecule has 22 heavy (non-hydrogen) atoms. The molecule has 1 fully saturated rings. The van der Waals surface area contributed by atoms with Gasteiger partial charge in [-0.1, -0.05) is 0 Å². The summed E-state index contributed by atoms with van der Waals surface area (Å²) in [6.07, 6.45) is -5.75. The second-order valence-corrected chi connectivity index (χ2v) is 5.56. The highest BCUT2D eigenvalue weighted by atomic mass is 19.4. The Morgan fingerprint density at radius 3 is 2.59 bits per heavy atom. The first-order valence-electron chi connectivity index (χ1n) is 6.92. The summed E-state index contributed by atoms with van der Waals surface area (Å²) in [6.45, 7) is 1.48. The molecular weight excluding hydrogens is 301 g/mol. The Morgan fingerprint density at radius 2 is 2.00 bits per heavy atom. The van der Waals surface area contributed by atoms with E-state index >= 15 is 0 Å². The molecule has 5 nitrogen and oxygen atoms in total. The van der Waals surface area contributed by atoms with Crippen molar-refractivity contribution in [3.63, 3.8) is 0 Å². The predicted molar refractivity (Wildman–Crippen MR) is 72.6 cm³/mol. The maximum Gasteiger partial charge on any atom is 0.417 e. The molecule has 122 valence electrons. The molecule has 1 saturated heterocycles. The lowest BCUT2D eigenvalue weighted by molar-refractivity contribution is -0.263. The second-order valence-electron chi connectivity index (χ2n) is 5.56. The fourth-order valence-electron chi connectivity index (χ4n) is 2.52. The molecule has 2 N–H and O–H groups in total. The SMILES string of the molecule is Cc1ccc(C(=O)N2CCCC(O)(C(F)(F)F)CC2)c(=O)[nH]1. The second kappa shape index (κ2) is 5.75. The van der Waals surface area contributed by atoms with Crippen LogP contribution in [0.5, 0.6) is 0 Å². The molecule has 2 rings (SSSR count). The molecule has 1 unspecified atom stereocenters. The number of nitrogens with zero attached hydrogens (tertiary/aromatic N) is 1. The van der Waals surface area contributed by atoms with Crippen molar-refractivity contribution in [3.8, 4) is 0 Å². The van der Waals surface area contributed by atoms with Crippen molar-refractivity contribution in [2.24, 2.45) is 0 Å². The van der Waals surface area contributed by atoms with E-state index in [1.165, 1.54) is 11.0 Å². The maximum absolute atomic E-state index is 12.9. The topological polar surface area (TPSA) is 73.4 Å². The van der Waals surface area contributed by atoms with Crippen LogP contribution in [0.3, 0.4) is 0 Å². The molecule has 0 aliphatic carbocycles. The maximum atomic E-state index is 12.9. The highest BCUT2D eigenvalue weighted by Crippen LogP contribution is 2.38. The summed E-state index contributed by atoms with van der Waals surface area (Å²) in [4.78, 5) is 27.7. The van der Waals surface area contributed by atoms with E-state index in [-0.39, 0.29) is 25.1 Å². The zero-order valence-corrected chi connectivity index (χ0v) is 12.0. The minimum atomic E-state index is -4.73. The summed E-state index contributed by atoms with van der Waals surface area (Å²) >= 11 is 0. The monoisotopic (exact) mass is 318 g/mol. The van der Waals surface area contributed by atoms with Crippen molar-refractivity contribution in [1.82, 2.24) is 9.88 Å². The van der Waals surface area contributed by atoms with Crippen LogP contribution >= 0.6 is 0 Å². The summed E-state index contributed by atoms with van der Waals surface area (Å²) in [5.74, 6) is -0.618. The molecule has 1 aliphatic heterocycles. The minimum absolute atomic E-state index is 0.0194. The number of halogens is 3. The van der Waals surface area contributed by atoms with E-state index in [1.807, 2.05) is 0 Å². The molecule has 0 radical (unpaired) electrons. The molecule has 2 heterocycles. The molecule has 1 atom stereocenters.